The van der Waals surface area contributed by atoms with Gasteiger partial charge in [-0.05, 0) is 49.6 Å². The smallest absolute Gasteiger partial charge is 0.244 e. The summed E-state index contributed by atoms with van der Waals surface area (Å²) in [6, 6.07) is 10.7. The van der Waals surface area contributed by atoms with Crippen molar-refractivity contribution in [3.8, 4) is 11.5 Å². The molecule has 0 aliphatic rings. The number of nitrogens with zero attached hydrogens (tertiary/aromatic N) is 2. The molecule has 2 aromatic rings. The molecule has 0 heterocycles. The van der Waals surface area contributed by atoms with Crippen molar-refractivity contribution in [3.05, 3.63) is 53.1 Å². The van der Waals surface area contributed by atoms with Crippen LogP contribution in [-0.4, -0.2) is 64.2 Å². The van der Waals surface area contributed by atoms with Crippen LogP contribution in [0.1, 0.15) is 39.2 Å². The van der Waals surface area contributed by atoms with Crippen LogP contribution in [0.3, 0.4) is 0 Å². The second kappa shape index (κ2) is 13.5. The van der Waals surface area contributed by atoms with Crippen LogP contribution in [0.25, 0.3) is 0 Å². The second-order valence-electron chi connectivity index (χ2n) is 8.70. The third-order valence-corrected chi connectivity index (χ3v) is 7.37. The van der Waals surface area contributed by atoms with Gasteiger partial charge >= 0.3 is 0 Å². The number of ether oxygens (including phenoxy) is 2. The minimum Gasteiger partial charge on any atom is -0.497 e. The van der Waals surface area contributed by atoms with E-state index in [2.05, 4.69) is 5.32 Å². The maximum absolute atomic E-state index is 13.8. The lowest BCUT2D eigenvalue weighted by Gasteiger charge is -2.33. The van der Waals surface area contributed by atoms with Gasteiger partial charge in [-0.3, -0.25) is 13.9 Å². The lowest BCUT2D eigenvalue weighted by molar-refractivity contribution is -0.140. The Labute approximate surface area is 224 Å². The molecule has 0 bridgehead atoms. The number of nitrogens with one attached hydrogen (secondary N) is 1. The minimum atomic E-state index is -3.91. The van der Waals surface area contributed by atoms with Crippen molar-refractivity contribution >= 4 is 39.1 Å². The van der Waals surface area contributed by atoms with Gasteiger partial charge in [0.2, 0.25) is 21.8 Å². The molecule has 1 N–H and O–H groups in total. The van der Waals surface area contributed by atoms with Crippen LogP contribution in [-0.2, 0) is 26.2 Å². The first-order valence-electron chi connectivity index (χ1n) is 12.0. The molecular weight excluding hydrogens is 518 g/mol. The molecule has 0 spiro atoms. The van der Waals surface area contributed by atoms with Gasteiger partial charge in [0, 0.05) is 23.7 Å². The molecule has 11 heteroatoms. The van der Waals surface area contributed by atoms with Gasteiger partial charge in [0.05, 0.1) is 26.2 Å². The SMILES string of the molecule is CC[C@H](C)NC(=O)[C@H](CC)N(Cc1ccc(Cl)cc1)C(=O)CN(c1ccc(OC)cc1OC)S(C)(=O)=O. The number of rotatable bonds is 13. The maximum Gasteiger partial charge on any atom is 0.244 e. The first-order chi connectivity index (χ1) is 17.4. The molecule has 0 saturated heterocycles. The van der Waals surface area contributed by atoms with Gasteiger partial charge in [0.15, 0.2) is 0 Å². The Morgan fingerprint density at radius 2 is 1.68 bits per heavy atom. The lowest BCUT2D eigenvalue weighted by atomic mass is 10.1. The summed E-state index contributed by atoms with van der Waals surface area (Å²) in [5.41, 5.74) is 0.933. The summed E-state index contributed by atoms with van der Waals surface area (Å²) in [5.74, 6) is -0.141. The molecule has 37 heavy (non-hydrogen) atoms. The Morgan fingerprint density at radius 3 is 2.19 bits per heavy atom. The molecule has 9 nitrogen and oxygen atoms in total. The maximum atomic E-state index is 13.8. The normalized spacial score (nSPS) is 12.8. The highest BCUT2D eigenvalue weighted by molar-refractivity contribution is 7.92. The van der Waals surface area contributed by atoms with Gasteiger partial charge in [0.25, 0.3) is 0 Å². The summed E-state index contributed by atoms with van der Waals surface area (Å²) in [7, 11) is -1.02. The van der Waals surface area contributed by atoms with Crippen molar-refractivity contribution < 1.29 is 27.5 Å². The third-order valence-electron chi connectivity index (χ3n) is 5.99. The fourth-order valence-corrected chi connectivity index (χ4v) is 4.71. The molecule has 2 rings (SSSR count). The van der Waals surface area contributed by atoms with E-state index in [4.69, 9.17) is 21.1 Å². The van der Waals surface area contributed by atoms with Crippen molar-refractivity contribution in [1.29, 1.82) is 0 Å². The first-order valence-corrected chi connectivity index (χ1v) is 14.2. The summed E-state index contributed by atoms with van der Waals surface area (Å²) in [5, 5.41) is 3.48. The van der Waals surface area contributed by atoms with Gasteiger partial charge in [0.1, 0.15) is 24.1 Å². The Morgan fingerprint density at radius 1 is 1.03 bits per heavy atom. The first kappa shape index (κ1) is 30.2. The van der Waals surface area contributed by atoms with E-state index < -0.39 is 28.5 Å². The Bertz CT molecular complexity index is 1170. The van der Waals surface area contributed by atoms with Crippen molar-refractivity contribution in [2.24, 2.45) is 0 Å². The van der Waals surface area contributed by atoms with Gasteiger partial charge in [-0.1, -0.05) is 37.6 Å². The topological polar surface area (TPSA) is 105 Å². The van der Waals surface area contributed by atoms with Gasteiger partial charge < -0.3 is 19.7 Å². The van der Waals surface area contributed by atoms with E-state index in [0.29, 0.717) is 17.2 Å². The zero-order valence-electron chi connectivity index (χ0n) is 22.2. The number of anilines is 1. The highest BCUT2D eigenvalue weighted by Gasteiger charge is 2.33. The standard InChI is InChI=1S/C26H36ClN3O6S/c1-7-18(3)28-26(32)22(8-2)29(16-19-9-11-20(27)12-10-19)25(31)17-30(37(6,33)34)23-14-13-21(35-4)15-24(23)36-5/h9-15,18,22H,7-8,16-17H2,1-6H3,(H,28,32)/t18-,22-/m0/s1. The van der Waals surface area contributed by atoms with Crippen LogP contribution in [0.5, 0.6) is 11.5 Å². The van der Waals surface area contributed by atoms with E-state index in [0.717, 1.165) is 22.5 Å². The molecule has 2 atom stereocenters. The van der Waals surface area contributed by atoms with Crippen LogP contribution in [0.15, 0.2) is 42.5 Å². The number of carbonyl (C=O) groups excluding carboxylic acids is 2. The van der Waals surface area contributed by atoms with Crippen molar-refractivity contribution in [1.82, 2.24) is 10.2 Å². The molecule has 0 radical (unpaired) electrons. The largest absolute Gasteiger partial charge is 0.497 e. The summed E-state index contributed by atoms with van der Waals surface area (Å²) in [6.07, 6.45) is 2.08. The average Bonchev–Trinajstić information content (AvgIpc) is 2.86. The fraction of sp³-hybridized carbons (Fsp3) is 0.462. The average molecular weight is 554 g/mol. The van der Waals surface area contributed by atoms with Crippen LogP contribution in [0.4, 0.5) is 5.69 Å². The predicted octanol–water partition coefficient (Wildman–Crippen LogP) is 3.85. The number of benzene rings is 2. The molecule has 0 unspecified atom stereocenters. The minimum absolute atomic E-state index is 0.0786. The number of amides is 2. The lowest BCUT2D eigenvalue weighted by Crippen LogP contribution is -2.53. The Hall–Kier alpha value is -2.98. The predicted molar refractivity (Wildman–Crippen MR) is 146 cm³/mol. The van der Waals surface area contributed by atoms with Gasteiger partial charge in [-0.25, -0.2) is 8.42 Å². The van der Waals surface area contributed by atoms with Gasteiger partial charge in [-0.2, -0.15) is 0 Å². The zero-order valence-corrected chi connectivity index (χ0v) is 23.7. The zero-order chi connectivity index (χ0) is 27.8. The van der Waals surface area contributed by atoms with E-state index in [1.807, 2.05) is 20.8 Å². The van der Waals surface area contributed by atoms with Gasteiger partial charge in [-0.15, -0.1) is 0 Å². The molecular formula is C26H36ClN3O6S. The number of halogens is 1. The van der Waals surface area contributed by atoms with Crippen LogP contribution >= 0.6 is 11.6 Å². The number of methoxy groups -OCH3 is 2. The highest BCUT2D eigenvalue weighted by Crippen LogP contribution is 2.33. The highest BCUT2D eigenvalue weighted by atomic mass is 35.5. The molecule has 0 aromatic heterocycles. The van der Waals surface area contributed by atoms with Crippen molar-refractivity contribution in [2.45, 2.75) is 52.2 Å². The van der Waals surface area contributed by atoms with E-state index in [-0.39, 0.29) is 29.9 Å². The Kier molecular flexibility index (Phi) is 11.1. The quantitative estimate of drug-likeness (QED) is 0.404. The summed E-state index contributed by atoms with van der Waals surface area (Å²) >= 11 is 6.02. The van der Waals surface area contributed by atoms with Crippen molar-refractivity contribution in [2.75, 3.05) is 31.3 Å². The summed E-state index contributed by atoms with van der Waals surface area (Å²) < 4.78 is 37.3. The molecule has 2 aromatic carbocycles. The van der Waals surface area contributed by atoms with Crippen molar-refractivity contribution in [3.63, 3.8) is 0 Å². The van der Waals surface area contributed by atoms with Crippen LogP contribution in [0.2, 0.25) is 5.02 Å². The number of hydrogen-bond acceptors (Lipinski definition) is 6. The van der Waals surface area contributed by atoms with Crippen LogP contribution in [0, 0.1) is 0 Å². The Balaban J connectivity index is 2.50. The number of sulfonamides is 1. The van der Waals surface area contributed by atoms with E-state index in [9.17, 15) is 18.0 Å². The molecule has 2 amide bonds. The monoisotopic (exact) mass is 553 g/mol. The summed E-state index contributed by atoms with van der Waals surface area (Å²) in [4.78, 5) is 28.4. The molecule has 0 fully saturated rings. The third kappa shape index (κ3) is 8.26. The summed E-state index contributed by atoms with van der Waals surface area (Å²) in [6.45, 7) is 5.22. The van der Waals surface area contributed by atoms with E-state index in [1.165, 1.54) is 31.3 Å². The fourth-order valence-electron chi connectivity index (χ4n) is 3.73. The van der Waals surface area contributed by atoms with Crippen LogP contribution < -0.4 is 19.1 Å². The molecule has 0 saturated carbocycles. The molecule has 204 valence electrons. The molecule has 0 aliphatic heterocycles. The van der Waals surface area contributed by atoms with E-state index >= 15 is 0 Å². The second-order valence-corrected chi connectivity index (χ2v) is 11.0. The number of hydrogen-bond donors (Lipinski definition) is 1. The van der Waals surface area contributed by atoms with E-state index in [1.54, 1.807) is 30.3 Å². The molecule has 0 aliphatic carbocycles. The number of carbonyl (C=O) groups is 2.